The van der Waals surface area contributed by atoms with Crippen molar-refractivity contribution in [3.8, 4) is 11.5 Å². The summed E-state index contributed by atoms with van der Waals surface area (Å²) in [6, 6.07) is 12.9. The van der Waals surface area contributed by atoms with Crippen LogP contribution in [0.2, 0.25) is 0 Å². The van der Waals surface area contributed by atoms with Gasteiger partial charge < -0.3 is 19.4 Å². The molecule has 0 radical (unpaired) electrons. The minimum Gasteiger partial charge on any atom is -0.493 e. The van der Waals surface area contributed by atoms with Gasteiger partial charge in [0, 0.05) is 12.1 Å². The van der Waals surface area contributed by atoms with Gasteiger partial charge in [-0.15, -0.1) is 0 Å². The number of benzene rings is 2. The summed E-state index contributed by atoms with van der Waals surface area (Å²) in [6.45, 7) is 4.79. The predicted octanol–water partition coefficient (Wildman–Crippen LogP) is 3.56. The van der Waals surface area contributed by atoms with E-state index in [1.54, 1.807) is 32.4 Å². The van der Waals surface area contributed by atoms with Gasteiger partial charge in [0.25, 0.3) is 5.91 Å². The average Bonchev–Trinajstić information content (AvgIpc) is 3.06. The molecule has 1 heterocycles. The van der Waals surface area contributed by atoms with Crippen LogP contribution in [0.15, 0.2) is 42.5 Å². The van der Waals surface area contributed by atoms with E-state index in [1.807, 2.05) is 31.2 Å². The van der Waals surface area contributed by atoms with Crippen LogP contribution in [0.4, 0.5) is 0 Å². The zero-order valence-electron chi connectivity index (χ0n) is 15.4. The number of aromatic nitrogens is 2. The number of nitrogens with one attached hydrogen (secondary N) is 1. The molecule has 0 aliphatic heterocycles. The Balaban J connectivity index is 1.86. The van der Waals surface area contributed by atoms with Crippen molar-refractivity contribution < 1.29 is 14.3 Å². The molecule has 0 aliphatic carbocycles. The first-order valence-corrected chi connectivity index (χ1v) is 8.57. The lowest BCUT2D eigenvalue weighted by atomic mass is 10.1. The van der Waals surface area contributed by atoms with Crippen LogP contribution >= 0.6 is 0 Å². The lowest BCUT2D eigenvalue weighted by Crippen LogP contribution is -2.28. The lowest BCUT2D eigenvalue weighted by Gasteiger charge is -2.16. The number of ether oxygens (including phenoxy) is 2. The third-order valence-electron chi connectivity index (χ3n) is 4.38. The van der Waals surface area contributed by atoms with Gasteiger partial charge >= 0.3 is 0 Å². The SMILES string of the molecule is CCn1c([C@@H](C)NC(=O)c2ccc(OC)c(OC)c2)nc2ccccc21. The quantitative estimate of drug-likeness (QED) is 0.736. The summed E-state index contributed by atoms with van der Waals surface area (Å²) in [7, 11) is 3.11. The molecular weight excluding hydrogens is 330 g/mol. The van der Waals surface area contributed by atoms with Crippen molar-refractivity contribution in [2.45, 2.75) is 26.4 Å². The van der Waals surface area contributed by atoms with Crippen molar-refractivity contribution in [3.63, 3.8) is 0 Å². The molecule has 2 aromatic carbocycles. The molecule has 0 aliphatic rings. The molecule has 1 atom stereocenters. The van der Waals surface area contributed by atoms with Crippen LogP contribution in [0.25, 0.3) is 11.0 Å². The first kappa shape index (κ1) is 17.8. The van der Waals surface area contributed by atoms with Crippen LogP contribution in [0.1, 0.15) is 36.1 Å². The summed E-state index contributed by atoms with van der Waals surface area (Å²) in [5.74, 6) is 1.76. The fourth-order valence-corrected chi connectivity index (χ4v) is 3.08. The monoisotopic (exact) mass is 353 g/mol. The van der Waals surface area contributed by atoms with Gasteiger partial charge in [0.1, 0.15) is 5.82 Å². The van der Waals surface area contributed by atoms with Crippen LogP contribution in [0.3, 0.4) is 0 Å². The predicted molar refractivity (Wildman–Crippen MR) is 101 cm³/mol. The molecule has 0 unspecified atom stereocenters. The van der Waals surface area contributed by atoms with Gasteiger partial charge in [0.2, 0.25) is 0 Å². The standard InChI is InChI=1S/C20H23N3O3/c1-5-23-16-9-7-6-8-15(16)22-19(23)13(2)21-20(24)14-10-11-17(25-3)18(12-14)26-4/h6-13H,5H2,1-4H3,(H,21,24)/t13-/m1/s1. The lowest BCUT2D eigenvalue weighted by molar-refractivity contribution is 0.0937. The highest BCUT2D eigenvalue weighted by Crippen LogP contribution is 2.28. The van der Waals surface area contributed by atoms with E-state index in [0.29, 0.717) is 17.1 Å². The maximum atomic E-state index is 12.7. The molecule has 1 amide bonds. The van der Waals surface area contributed by atoms with Gasteiger partial charge in [-0.05, 0) is 44.2 Å². The molecule has 0 saturated heterocycles. The van der Waals surface area contributed by atoms with E-state index in [-0.39, 0.29) is 11.9 Å². The van der Waals surface area contributed by atoms with E-state index >= 15 is 0 Å². The number of rotatable bonds is 6. The molecule has 0 fully saturated rings. The molecule has 0 bridgehead atoms. The second-order valence-electron chi connectivity index (χ2n) is 5.97. The summed E-state index contributed by atoms with van der Waals surface area (Å²) in [4.78, 5) is 17.4. The summed E-state index contributed by atoms with van der Waals surface area (Å²) >= 11 is 0. The average molecular weight is 353 g/mol. The van der Waals surface area contributed by atoms with E-state index in [2.05, 4.69) is 16.8 Å². The van der Waals surface area contributed by atoms with Gasteiger partial charge in [-0.3, -0.25) is 4.79 Å². The van der Waals surface area contributed by atoms with Gasteiger partial charge in [-0.2, -0.15) is 0 Å². The Hall–Kier alpha value is -3.02. The van der Waals surface area contributed by atoms with E-state index in [0.717, 1.165) is 23.4 Å². The maximum Gasteiger partial charge on any atom is 0.251 e. The van der Waals surface area contributed by atoms with Crippen LogP contribution in [0.5, 0.6) is 11.5 Å². The zero-order chi connectivity index (χ0) is 18.7. The van der Waals surface area contributed by atoms with Gasteiger partial charge in [-0.25, -0.2) is 4.98 Å². The third-order valence-corrected chi connectivity index (χ3v) is 4.38. The number of aryl methyl sites for hydroxylation is 1. The van der Waals surface area contributed by atoms with Crippen molar-refractivity contribution in [2.75, 3.05) is 14.2 Å². The summed E-state index contributed by atoms with van der Waals surface area (Å²) in [6.07, 6.45) is 0. The second-order valence-corrected chi connectivity index (χ2v) is 5.97. The Morgan fingerprint density at radius 3 is 2.58 bits per heavy atom. The van der Waals surface area contributed by atoms with Crippen LogP contribution < -0.4 is 14.8 Å². The fourth-order valence-electron chi connectivity index (χ4n) is 3.08. The summed E-state index contributed by atoms with van der Waals surface area (Å²) in [5.41, 5.74) is 2.50. The van der Waals surface area contributed by atoms with E-state index < -0.39 is 0 Å². The molecule has 1 aromatic heterocycles. The Kier molecular flexibility index (Phi) is 5.11. The number of hydrogen-bond acceptors (Lipinski definition) is 4. The second kappa shape index (κ2) is 7.47. The summed E-state index contributed by atoms with van der Waals surface area (Å²) < 4.78 is 12.6. The van der Waals surface area contributed by atoms with E-state index in [1.165, 1.54) is 0 Å². The number of carbonyl (C=O) groups excluding carboxylic acids is 1. The molecule has 6 nitrogen and oxygen atoms in total. The Morgan fingerprint density at radius 1 is 1.15 bits per heavy atom. The van der Waals surface area contributed by atoms with Crippen LogP contribution in [0, 0.1) is 0 Å². The zero-order valence-corrected chi connectivity index (χ0v) is 15.4. The van der Waals surface area contributed by atoms with Crippen LogP contribution in [-0.4, -0.2) is 29.7 Å². The number of hydrogen-bond donors (Lipinski definition) is 1. The molecule has 0 spiro atoms. The number of para-hydroxylation sites is 2. The molecule has 6 heteroatoms. The van der Waals surface area contributed by atoms with Gasteiger partial charge in [0.05, 0.1) is 31.3 Å². The summed E-state index contributed by atoms with van der Waals surface area (Å²) in [5, 5.41) is 3.02. The highest BCUT2D eigenvalue weighted by Gasteiger charge is 2.19. The number of amides is 1. The molecule has 3 rings (SSSR count). The van der Waals surface area contributed by atoms with Crippen LogP contribution in [-0.2, 0) is 6.54 Å². The largest absolute Gasteiger partial charge is 0.493 e. The molecule has 26 heavy (non-hydrogen) atoms. The number of imidazole rings is 1. The molecule has 3 aromatic rings. The molecular formula is C20H23N3O3. The van der Waals surface area contributed by atoms with Crippen molar-refractivity contribution in [1.82, 2.24) is 14.9 Å². The highest BCUT2D eigenvalue weighted by atomic mass is 16.5. The Bertz CT molecular complexity index is 933. The molecule has 136 valence electrons. The van der Waals surface area contributed by atoms with Crippen molar-refractivity contribution in [3.05, 3.63) is 53.9 Å². The Morgan fingerprint density at radius 2 is 1.88 bits per heavy atom. The number of fused-ring (bicyclic) bond motifs is 1. The van der Waals surface area contributed by atoms with Crippen molar-refractivity contribution in [2.24, 2.45) is 0 Å². The maximum absolute atomic E-state index is 12.7. The Labute approximate surface area is 152 Å². The van der Waals surface area contributed by atoms with Crippen molar-refractivity contribution >= 4 is 16.9 Å². The third kappa shape index (κ3) is 3.22. The number of carbonyl (C=O) groups is 1. The smallest absolute Gasteiger partial charge is 0.251 e. The minimum absolute atomic E-state index is 0.187. The first-order valence-electron chi connectivity index (χ1n) is 8.57. The fraction of sp³-hybridized carbons (Fsp3) is 0.300. The van der Waals surface area contributed by atoms with Gasteiger partial charge in [0.15, 0.2) is 11.5 Å². The first-order chi connectivity index (χ1) is 12.6. The van der Waals surface area contributed by atoms with E-state index in [9.17, 15) is 4.79 Å². The number of methoxy groups -OCH3 is 2. The van der Waals surface area contributed by atoms with Gasteiger partial charge in [-0.1, -0.05) is 12.1 Å². The van der Waals surface area contributed by atoms with Crippen molar-refractivity contribution in [1.29, 1.82) is 0 Å². The molecule has 1 N–H and O–H groups in total. The molecule has 0 saturated carbocycles. The normalized spacial score (nSPS) is 12.0. The minimum atomic E-state index is -0.233. The van der Waals surface area contributed by atoms with E-state index in [4.69, 9.17) is 14.5 Å². The number of nitrogens with zero attached hydrogens (tertiary/aromatic N) is 2. The highest BCUT2D eigenvalue weighted by molar-refractivity contribution is 5.95. The topological polar surface area (TPSA) is 65.4 Å².